The lowest BCUT2D eigenvalue weighted by Gasteiger charge is -2.14. The van der Waals surface area contributed by atoms with E-state index >= 15 is 0 Å². The highest BCUT2D eigenvalue weighted by Crippen LogP contribution is 2.17. The summed E-state index contributed by atoms with van der Waals surface area (Å²) in [5, 5.41) is 12.1. The van der Waals surface area contributed by atoms with Gasteiger partial charge in [-0.05, 0) is 25.1 Å². The maximum Gasteiger partial charge on any atom is 0.336 e. The summed E-state index contributed by atoms with van der Waals surface area (Å²) in [6, 6.07) is 7.15. The second-order valence-corrected chi connectivity index (χ2v) is 3.17. The smallest absolute Gasteiger partial charge is 0.336 e. The van der Waals surface area contributed by atoms with E-state index < -0.39 is 5.97 Å². The summed E-state index contributed by atoms with van der Waals surface area (Å²) >= 11 is 0. The Morgan fingerprint density at radius 2 is 2.14 bits per heavy atom. The Morgan fingerprint density at radius 1 is 1.50 bits per heavy atom. The van der Waals surface area contributed by atoms with Crippen LogP contribution in [0.3, 0.4) is 0 Å². The summed E-state index contributed by atoms with van der Waals surface area (Å²) < 4.78 is 0. The number of carboxylic acid groups (broad SMARTS) is 1. The van der Waals surface area contributed by atoms with Crippen molar-refractivity contribution in [1.29, 1.82) is 0 Å². The molecule has 2 N–H and O–H groups in total. The van der Waals surface area contributed by atoms with Crippen molar-refractivity contribution in [2.45, 2.75) is 19.9 Å². The first-order valence-electron chi connectivity index (χ1n) is 4.72. The first-order chi connectivity index (χ1) is 6.66. The van der Waals surface area contributed by atoms with E-state index in [1.807, 2.05) is 26.0 Å². The van der Waals surface area contributed by atoms with Gasteiger partial charge < -0.3 is 10.4 Å². The second-order valence-electron chi connectivity index (χ2n) is 3.17. The molecule has 1 rings (SSSR count). The fourth-order valence-corrected chi connectivity index (χ4v) is 1.49. The molecule has 0 aromatic heterocycles. The van der Waals surface area contributed by atoms with Crippen LogP contribution in [0.5, 0.6) is 0 Å². The van der Waals surface area contributed by atoms with Crippen LogP contribution in [0.2, 0.25) is 0 Å². The average molecular weight is 193 g/mol. The lowest BCUT2D eigenvalue weighted by atomic mass is 10.0. The molecule has 0 radical (unpaired) electrons. The standard InChI is InChI=1S/C11H15NO2/c1-3-12-8(2)9-6-4-5-7-10(9)11(13)14/h4-8,12H,3H2,1-2H3,(H,13,14). The predicted molar refractivity (Wildman–Crippen MR) is 55.5 cm³/mol. The van der Waals surface area contributed by atoms with Crippen molar-refractivity contribution >= 4 is 5.97 Å². The first-order valence-corrected chi connectivity index (χ1v) is 4.72. The molecule has 1 unspecified atom stereocenters. The van der Waals surface area contributed by atoms with E-state index in [-0.39, 0.29) is 6.04 Å². The third kappa shape index (κ3) is 2.33. The molecule has 1 atom stereocenters. The summed E-state index contributed by atoms with van der Waals surface area (Å²) in [7, 11) is 0. The molecule has 76 valence electrons. The maximum atomic E-state index is 10.9. The van der Waals surface area contributed by atoms with Crippen LogP contribution in [0.1, 0.15) is 35.8 Å². The highest BCUT2D eigenvalue weighted by Gasteiger charge is 2.13. The summed E-state index contributed by atoms with van der Waals surface area (Å²) in [5.41, 5.74) is 1.21. The van der Waals surface area contributed by atoms with Crippen molar-refractivity contribution in [2.24, 2.45) is 0 Å². The Hall–Kier alpha value is -1.35. The third-order valence-electron chi connectivity index (χ3n) is 2.17. The van der Waals surface area contributed by atoms with Gasteiger partial charge in [0.15, 0.2) is 0 Å². The average Bonchev–Trinajstić information content (AvgIpc) is 2.18. The fourth-order valence-electron chi connectivity index (χ4n) is 1.49. The van der Waals surface area contributed by atoms with E-state index in [2.05, 4.69) is 5.32 Å². The van der Waals surface area contributed by atoms with E-state index in [1.54, 1.807) is 12.1 Å². The topological polar surface area (TPSA) is 49.3 Å². The SMILES string of the molecule is CCNC(C)c1ccccc1C(=O)O. The van der Waals surface area contributed by atoms with Gasteiger partial charge >= 0.3 is 5.97 Å². The molecule has 0 fully saturated rings. The largest absolute Gasteiger partial charge is 0.478 e. The summed E-state index contributed by atoms with van der Waals surface area (Å²) in [6.07, 6.45) is 0. The van der Waals surface area contributed by atoms with E-state index in [0.717, 1.165) is 12.1 Å². The van der Waals surface area contributed by atoms with Crippen molar-refractivity contribution in [2.75, 3.05) is 6.54 Å². The Morgan fingerprint density at radius 3 is 2.71 bits per heavy atom. The van der Waals surface area contributed by atoms with Crippen molar-refractivity contribution in [3.05, 3.63) is 35.4 Å². The minimum absolute atomic E-state index is 0.0762. The van der Waals surface area contributed by atoms with Gasteiger partial charge in [0, 0.05) is 6.04 Å². The summed E-state index contributed by atoms with van der Waals surface area (Å²) in [4.78, 5) is 10.9. The predicted octanol–water partition coefficient (Wildman–Crippen LogP) is 2.06. The molecule has 14 heavy (non-hydrogen) atoms. The maximum absolute atomic E-state index is 10.9. The molecular formula is C11H15NO2. The van der Waals surface area contributed by atoms with Crippen LogP contribution in [0.4, 0.5) is 0 Å². The number of carbonyl (C=O) groups is 1. The number of rotatable bonds is 4. The Labute approximate surface area is 83.8 Å². The monoisotopic (exact) mass is 193 g/mol. The number of hydrogen-bond donors (Lipinski definition) is 2. The van der Waals surface area contributed by atoms with Crippen LogP contribution in [-0.4, -0.2) is 17.6 Å². The van der Waals surface area contributed by atoms with E-state index in [4.69, 9.17) is 5.11 Å². The fraction of sp³-hybridized carbons (Fsp3) is 0.364. The Kier molecular flexibility index (Phi) is 3.65. The number of hydrogen-bond acceptors (Lipinski definition) is 2. The lowest BCUT2D eigenvalue weighted by Crippen LogP contribution is -2.20. The highest BCUT2D eigenvalue weighted by molar-refractivity contribution is 5.89. The normalized spacial score (nSPS) is 12.4. The Balaban J connectivity index is 3.00. The molecule has 0 bridgehead atoms. The number of benzene rings is 1. The minimum atomic E-state index is -0.870. The molecule has 0 heterocycles. The summed E-state index contributed by atoms with van der Waals surface area (Å²) in [5.74, 6) is -0.870. The molecule has 1 aromatic carbocycles. The molecule has 0 spiro atoms. The first kappa shape index (κ1) is 10.7. The van der Waals surface area contributed by atoms with Crippen LogP contribution in [0.15, 0.2) is 24.3 Å². The lowest BCUT2D eigenvalue weighted by molar-refractivity contribution is 0.0695. The van der Waals surface area contributed by atoms with Gasteiger partial charge in [0.05, 0.1) is 5.56 Å². The minimum Gasteiger partial charge on any atom is -0.478 e. The van der Waals surface area contributed by atoms with Crippen molar-refractivity contribution in [1.82, 2.24) is 5.32 Å². The molecular weight excluding hydrogens is 178 g/mol. The van der Waals surface area contributed by atoms with Crippen LogP contribution >= 0.6 is 0 Å². The number of aromatic carboxylic acids is 1. The molecule has 1 aromatic rings. The molecule has 0 aliphatic rings. The zero-order valence-electron chi connectivity index (χ0n) is 8.45. The molecule has 0 aliphatic heterocycles. The van der Waals surface area contributed by atoms with Crippen LogP contribution in [0, 0.1) is 0 Å². The number of carboxylic acids is 1. The van der Waals surface area contributed by atoms with Gasteiger partial charge in [-0.15, -0.1) is 0 Å². The van der Waals surface area contributed by atoms with Crippen LogP contribution in [0.25, 0.3) is 0 Å². The Bertz CT molecular complexity index is 323. The van der Waals surface area contributed by atoms with Gasteiger partial charge in [-0.1, -0.05) is 25.1 Å². The van der Waals surface area contributed by atoms with Crippen molar-refractivity contribution < 1.29 is 9.90 Å². The van der Waals surface area contributed by atoms with Crippen molar-refractivity contribution in [3.8, 4) is 0 Å². The molecule has 3 nitrogen and oxygen atoms in total. The van der Waals surface area contributed by atoms with Crippen LogP contribution in [-0.2, 0) is 0 Å². The van der Waals surface area contributed by atoms with Crippen molar-refractivity contribution in [3.63, 3.8) is 0 Å². The van der Waals surface area contributed by atoms with Crippen LogP contribution < -0.4 is 5.32 Å². The molecule has 0 saturated heterocycles. The van der Waals surface area contributed by atoms with E-state index in [9.17, 15) is 4.79 Å². The highest BCUT2D eigenvalue weighted by atomic mass is 16.4. The van der Waals surface area contributed by atoms with Gasteiger partial charge in [0.2, 0.25) is 0 Å². The van der Waals surface area contributed by atoms with Gasteiger partial charge in [0.1, 0.15) is 0 Å². The van der Waals surface area contributed by atoms with Gasteiger partial charge in [-0.3, -0.25) is 0 Å². The van der Waals surface area contributed by atoms with Gasteiger partial charge in [-0.25, -0.2) is 4.79 Å². The quantitative estimate of drug-likeness (QED) is 0.769. The molecule has 0 amide bonds. The van der Waals surface area contributed by atoms with Gasteiger partial charge in [0.25, 0.3) is 0 Å². The third-order valence-corrected chi connectivity index (χ3v) is 2.17. The van der Waals surface area contributed by atoms with E-state index in [1.165, 1.54) is 0 Å². The van der Waals surface area contributed by atoms with E-state index in [0.29, 0.717) is 5.56 Å². The zero-order chi connectivity index (χ0) is 10.6. The number of nitrogens with one attached hydrogen (secondary N) is 1. The second kappa shape index (κ2) is 4.77. The molecule has 0 saturated carbocycles. The molecule has 0 aliphatic carbocycles. The zero-order valence-corrected chi connectivity index (χ0v) is 8.45. The molecule has 3 heteroatoms. The van der Waals surface area contributed by atoms with Gasteiger partial charge in [-0.2, -0.15) is 0 Å². The summed E-state index contributed by atoms with van der Waals surface area (Å²) in [6.45, 7) is 4.79.